The Hall–Kier alpha value is -3.16. The van der Waals surface area contributed by atoms with Crippen molar-refractivity contribution in [2.24, 2.45) is 0 Å². The molecule has 2 amide bonds. The molecule has 8 heteroatoms. The highest BCUT2D eigenvalue weighted by Gasteiger charge is 2.12. The Morgan fingerprint density at radius 2 is 2.08 bits per heavy atom. The summed E-state index contributed by atoms with van der Waals surface area (Å²) in [6.45, 7) is 0.648. The molecule has 0 aliphatic heterocycles. The van der Waals surface area contributed by atoms with Crippen molar-refractivity contribution < 1.29 is 18.9 Å². The van der Waals surface area contributed by atoms with E-state index in [4.69, 9.17) is 4.42 Å². The minimum Gasteiger partial charge on any atom is -0.459 e. The third-order valence-corrected chi connectivity index (χ3v) is 3.56. The zero-order valence-electron chi connectivity index (χ0n) is 13.8. The second-order valence-electron chi connectivity index (χ2n) is 5.51. The van der Waals surface area contributed by atoms with Crippen molar-refractivity contribution >= 4 is 17.5 Å². The van der Waals surface area contributed by atoms with Crippen LogP contribution in [0.5, 0.6) is 0 Å². The van der Waals surface area contributed by atoms with Gasteiger partial charge in [0.25, 0.3) is 11.6 Å². The first-order chi connectivity index (χ1) is 12.0. The monoisotopic (exact) mass is 345 g/mol. The van der Waals surface area contributed by atoms with E-state index in [1.54, 1.807) is 31.3 Å². The molecule has 2 aromatic rings. The zero-order chi connectivity index (χ0) is 18.2. The van der Waals surface area contributed by atoms with Gasteiger partial charge in [0.2, 0.25) is 5.91 Å². The fourth-order valence-corrected chi connectivity index (χ4v) is 2.26. The van der Waals surface area contributed by atoms with Gasteiger partial charge in [-0.1, -0.05) is 12.1 Å². The fourth-order valence-electron chi connectivity index (χ4n) is 2.26. The number of carbonyl (C=O) groups is 2. The van der Waals surface area contributed by atoms with Crippen LogP contribution in [0.15, 0.2) is 47.1 Å². The Kier molecular flexibility index (Phi) is 6.27. The van der Waals surface area contributed by atoms with Gasteiger partial charge in [-0.25, -0.2) is 0 Å². The first kappa shape index (κ1) is 18.2. The van der Waals surface area contributed by atoms with E-state index in [1.165, 1.54) is 23.3 Å². The van der Waals surface area contributed by atoms with Gasteiger partial charge in [0.1, 0.15) is 0 Å². The Balaban J connectivity index is 1.74. The number of non-ortho nitro benzene ring substituents is 1. The van der Waals surface area contributed by atoms with E-state index in [1.807, 2.05) is 0 Å². The van der Waals surface area contributed by atoms with E-state index in [9.17, 15) is 19.7 Å². The van der Waals surface area contributed by atoms with Gasteiger partial charge >= 0.3 is 0 Å². The minimum atomic E-state index is -0.465. The average molecular weight is 345 g/mol. The maximum Gasteiger partial charge on any atom is 0.286 e. The number of hydrogen-bond donors (Lipinski definition) is 1. The lowest BCUT2D eigenvalue weighted by molar-refractivity contribution is -0.384. The smallest absolute Gasteiger partial charge is 0.286 e. The van der Waals surface area contributed by atoms with Gasteiger partial charge in [-0.3, -0.25) is 19.7 Å². The molecule has 0 aliphatic rings. The van der Waals surface area contributed by atoms with E-state index >= 15 is 0 Å². The normalized spacial score (nSPS) is 10.3. The molecule has 0 saturated heterocycles. The van der Waals surface area contributed by atoms with Crippen molar-refractivity contribution in [2.75, 3.05) is 13.6 Å². The van der Waals surface area contributed by atoms with Gasteiger partial charge in [0, 0.05) is 38.7 Å². The van der Waals surface area contributed by atoms with Crippen molar-refractivity contribution in [3.63, 3.8) is 0 Å². The highest BCUT2D eigenvalue weighted by Crippen LogP contribution is 2.14. The molecular formula is C17H19N3O5. The van der Waals surface area contributed by atoms with Gasteiger partial charge in [0.05, 0.1) is 11.2 Å². The molecule has 0 atom stereocenters. The minimum absolute atomic E-state index is 0.000937. The van der Waals surface area contributed by atoms with Crippen LogP contribution in [0.4, 0.5) is 5.69 Å². The van der Waals surface area contributed by atoms with E-state index in [0.717, 1.165) is 0 Å². The Morgan fingerprint density at radius 1 is 1.28 bits per heavy atom. The summed E-state index contributed by atoms with van der Waals surface area (Å²) in [6.07, 6.45) is 2.18. The molecular weight excluding hydrogens is 326 g/mol. The number of nitro groups is 1. The van der Waals surface area contributed by atoms with Gasteiger partial charge in [-0.15, -0.1) is 0 Å². The third kappa shape index (κ3) is 5.45. The standard InChI is InChI=1S/C17H19N3O5/c1-19(12-13-5-2-6-14(11-13)20(23)24)16(21)8-3-9-18-17(22)15-7-4-10-25-15/h2,4-7,10-11H,3,8-9,12H2,1H3,(H,18,22). The lowest BCUT2D eigenvalue weighted by Crippen LogP contribution is -2.28. The lowest BCUT2D eigenvalue weighted by Gasteiger charge is -2.17. The van der Waals surface area contributed by atoms with Crippen molar-refractivity contribution in [3.05, 3.63) is 64.1 Å². The Bertz CT molecular complexity index is 743. The summed E-state index contributed by atoms with van der Waals surface area (Å²) in [5, 5.41) is 13.4. The number of rotatable bonds is 8. The second kappa shape index (κ2) is 8.62. The summed E-state index contributed by atoms with van der Waals surface area (Å²) in [6, 6.07) is 9.38. The highest BCUT2D eigenvalue weighted by atomic mass is 16.6. The maximum atomic E-state index is 12.1. The summed E-state index contributed by atoms with van der Waals surface area (Å²) in [4.78, 5) is 35.6. The quantitative estimate of drug-likeness (QED) is 0.449. The molecule has 0 spiro atoms. The highest BCUT2D eigenvalue weighted by molar-refractivity contribution is 5.91. The van der Waals surface area contributed by atoms with E-state index < -0.39 is 4.92 Å². The van der Waals surface area contributed by atoms with Gasteiger partial charge in [-0.05, 0) is 24.1 Å². The fraction of sp³-hybridized carbons (Fsp3) is 0.294. The van der Waals surface area contributed by atoms with Crippen LogP contribution >= 0.6 is 0 Å². The van der Waals surface area contributed by atoms with Crippen molar-refractivity contribution in [3.8, 4) is 0 Å². The molecule has 25 heavy (non-hydrogen) atoms. The molecule has 0 fully saturated rings. The molecule has 0 unspecified atom stereocenters. The Labute approximate surface area is 144 Å². The van der Waals surface area contributed by atoms with Gasteiger partial charge in [0.15, 0.2) is 5.76 Å². The number of carbonyl (C=O) groups excluding carboxylic acids is 2. The molecule has 1 aromatic carbocycles. The molecule has 0 saturated carbocycles. The van der Waals surface area contributed by atoms with Crippen LogP contribution in [0.2, 0.25) is 0 Å². The molecule has 0 bridgehead atoms. The van der Waals surface area contributed by atoms with E-state index in [0.29, 0.717) is 25.1 Å². The van der Waals surface area contributed by atoms with Crippen LogP contribution in [0.25, 0.3) is 0 Å². The van der Waals surface area contributed by atoms with Crippen LogP contribution in [0.1, 0.15) is 29.0 Å². The van der Waals surface area contributed by atoms with E-state index in [2.05, 4.69) is 5.32 Å². The van der Waals surface area contributed by atoms with Crippen LogP contribution in [0, 0.1) is 10.1 Å². The third-order valence-electron chi connectivity index (χ3n) is 3.56. The molecule has 1 heterocycles. The van der Waals surface area contributed by atoms with E-state index in [-0.39, 0.29) is 29.7 Å². The molecule has 2 rings (SSSR count). The average Bonchev–Trinajstić information content (AvgIpc) is 3.13. The maximum absolute atomic E-state index is 12.1. The second-order valence-corrected chi connectivity index (χ2v) is 5.51. The molecule has 132 valence electrons. The summed E-state index contributed by atoms with van der Waals surface area (Å²) in [7, 11) is 1.64. The van der Waals surface area contributed by atoms with Crippen LogP contribution in [-0.4, -0.2) is 35.2 Å². The predicted octanol–water partition coefficient (Wildman–Crippen LogP) is 2.36. The van der Waals surface area contributed by atoms with Crippen LogP contribution < -0.4 is 5.32 Å². The summed E-state index contributed by atoms with van der Waals surface area (Å²) >= 11 is 0. The first-order valence-electron chi connectivity index (χ1n) is 7.76. The van der Waals surface area contributed by atoms with Crippen LogP contribution in [-0.2, 0) is 11.3 Å². The predicted molar refractivity (Wildman–Crippen MR) is 89.8 cm³/mol. The summed E-state index contributed by atoms with van der Waals surface area (Å²) in [5.74, 6) is -0.185. The molecule has 1 aromatic heterocycles. The number of benzene rings is 1. The zero-order valence-corrected chi connectivity index (χ0v) is 13.8. The Morgan fingerprint density at radius 3 is 2.76 bits per heavy atom. The summed E-state index contributed by atoms with van der Waals surface area (Å²) < 4.78 is 4.97. The number of furan rings is 1. The first-order valence-corrected chi connectivity index (χ1v) is 7.76. The molecule has 0 aliphatic carbocycles. The number of nitrogens with zero attached hydrogens (tertiary/aromatic N) is 2. The number of hydrogen-bond acceptors (Lipinski definition) is 5. The molecule has 0 radical (unpaired) electrons. The van der Waals surface area contributed by atoms with Gasteiger partial charge in [-0.2, -0.15) is 0 Å². The van der Waals surface area contributed by atoms with Crippen LogP contribution in [0.3, 0.4) is 0 Å². The number of nitro benzene ring substituents is 1. The SMILES string of the molecule is CN(Cc1cccc([N+](=O)[O-])c1)C(=O)CCCNC(=O)c1ccco1. The lowest BCUT2D eigenvalue weighted by atomic mass is 10.2. The van der Waals surface area contributed by atoms with Gasteiger partial charge < -0.3 is 14.6 Å². The molecule has 1 N–H and O–H groups in total. The molecule has 8 nitrogen and oxygen atoms in total. The topological polar surface area (TPSA) is 106 Å². The number of nitrogens with one attached hydrogen (secondary N) is 1. The van der Waals surface area contributed by atoms with Crippen molar-refractivity contribution in [1.82, 2.24) is 10.2 Å². The summed E-state index contributed by atoms with van der Waals surface area (Å²) in [5.41, 5.74) is 0.690. The van der Waals surface area contributed by atoms with Crippen molar-refractivity contribution in [1.29, 1.82) is 0 Å². The largest absolute Gasteiger partial charge is 0.459 e. The van der Waals surface area contributed by atoms with Crippen molar-refractivity contribution in [2.45, 2.75) is 19.4 Å². The number of amides is 2.